The molecule has 100 valence electrons. The van der Waals surface area contributed by atoms with Crippen molar-refractivity contribution in [2.24, 2.45) is 0 Å². The third-order valence-corrected chi connectivity index (χ3v) is 2.77. The second-order valence-electron chi connectivity index (χ2n) is 3.97. The summed E-state index contributed by atoms with van der Waals surface area (Å²) in [5, 5.41) is 3.67. The van der Waals surface area contributed by atoms with Crippen LogP contribution in [0.25, 0.3) is 0 Å². The number of carbonyl (C=O) groups excluding carboxylic acids is 1. The van der Waals surface area contributed by atoms with Crippen molar-refractivity contribution in [3.05, 3.63) is 29.3 Å². The van der Waals surface area contributed by atoms with Gasteiger partial charge < -0.3 is 15.0 Å². The molecule has 0 aliphatic carbocycles. The third kappa shape index (κ3) is 5.38. The molecule has 0 bridgehead atoms. The minimum atomic E-state index is 0.0826. The van der Waals surface area contributed by atoms with Crippen molar-refractivity contribution in [2.75, 3.05) is 33.8 Å². The zero-order chi connectivity index (χ0) is 13.4. The van der Waals surface area contributed by atoms with Crippen LogP contribution in [-0.4, -0.2) is 44.6 Å². The highest BCUT2D eigenvalue weighted by Crippen LogP contribution is 2.15. The molecular formula is C13H19ClN2O2. The first kappa shape index (κ1) is 14.8. The van der Waals surface area contributed by atoms with Crippen LogP contribution in [-0.2, 0) is 4.79 Å². The van der Waals surface area contributed by atoms with Crippen LogP contribution in [0.5, 0.6) is 5.75 Å². The van der Waals surface area contributed by atoms with Gasteiger partial charge in [-0.15, -0.1) is 0 Å². The van der Waals surface area contributed by atoms with Gasteiger partial charge in [0.05, 0.1) is 13.0 Å². The monoisotopic (exact) mass is 270 g/mol. The SMILES string of the molecule is CNCCN(C)C(=O)CCOc1ccc(Cl)cc1. The molecule has 5 heteroatoms. The Kier molecular flexibility index (Phi) is 6.54. The number of nitrogens with zero attached hydrogens (tertiary/aromatic N) is 1. The van der Waals surface area contributed by atoms with Gasteiger partial charge in [-0.05, 0) is 31.3 Å². The first-order valence-electron chi connectivity index (χ1n) is 5.90. The Morgan fingerprint density at radius 2 is 2.06 bits per heavy atom. The van der Waals surface area contributed by atoms with Gasteiger partial charge in [0.2, 0.25) is 5.91 Å². The molecule has 1 aromatic carbocycles. The molecule has 1 rings (SSSR count). The fourth-order valence-electron chi connectivity index (χ4n) is 1.38. The van der Waals surface area contributed by atoms with E-state index in [1.54, 1.807) is 36.2 Å². The molecule has 0 spiro atoms. The zero-order valence-corrected chi connectivity index (χ0v) is 11.5. The number of hydrogen-bond acceptors (Lipinski definition) is 3. The summed E-state index contributed by atoms with van der Waals surface area (Å²) in [6.45, 7) is 1.88. The van der Waals surface area contributed by atoms with Gasteiger partial charge in [-0.25, -0.2) is 0 Å². The van der Waals surface area contributed by atoms with Gasteiger partial charge in [-0.3, -0.25) is 4.79 Å². The van der Waals surface area contributed by atoms with E-state index in [2.05, 4.69) is 5.32 Å². The Morgan fingerprint density at radius 3 is 2.67 bits per heavy atom. The molecule has 0 atom stereocenters. The van der Waals surface area contributed by atoms with Crippen LogP contribution in [0.2, 0.25) is 5.02 Å². The van der Waals surface area contributed by atoms with Crippen molar-refractivity contribution in [3.8, 4) is 5.75 Å². The van der Waals surface area contributed by atoms with E-state index in [4.69, 9.17) is 16.3 Å². The van der Waals surface area contributed by atoms with Gasteiger partial charge in [0.25, 0.3) is 0 Å². The molecule has 1 amide bonds. The van der Waals surface area contributed by atoms with Crippen LogP contribution in [0.15, 0.2) is 24.3 Å². The second kappa shape index (κ2) is 7.95. The lowest BCUT2D eigenvalue weighted by Crippen LogP contribution is -2.33. The number of benzene rings is 1. The molecule has 18 heavy (non-hydrogen) atoms. The molecule has 0 unspecified atom stereocenters. The van der Waals surface area contributed by atoms with E-state index in [9.17, 15) is 4.79 Å². The smallest absolute Gasteiger partial charge is 0.225 e. The van der Waals surface area contributed by atoms with Gasteiger partial charge in [0, 0.05) is 25.2 Å². The third-order valence-electron chi connectivity index (χ3n) is 2.52. The Balaban J connectivity index is 2.24. The average molecular weight is 271 g/mol. The lowest BCUT2D eigenvalue weighted by molar-refractivity contribution is -0.130. The number of likely N-dealkylation sites (N-methyl/N-ethyl adjacent to an activating group) is 2. The first-order chi connectivity index (χ1) is 8.63. The van der Waals surface area contributed by atoms with Crippen LogP contribution in [0.1, 0.15) is 6.42 Å². The molecule has 0 aliphatic heterocycles. The van der Waals surface area contributed by atoms with Gasteiger partial charge in [0.1, 0.15) is 5.75 Å². The standard InChI is InChI=1S/C13H19ClN2O2/c1-15-8-9-16(2)13(17)7-10-18-12-5-3-11(14)4-6-12/h3-6,15H,7-10H2,1-2H3. The van der Waals surface area contributed by atoms with Crippen molar-refractivity contribution >= 4 is 17.5 Å². The summed E-state index contributed by atoms with van der Waals surface area (Å²) in [5.74, 6) is 0.810. The van der Waals surface area contributed by atoms with E-state index in [0.29, 0.717) is 24.6 Å². The number of carbonyl (C=O) groups is 1. The molecule has 1 N–H and O–H groups in total. The Hall–Kier alpha value is -1.26. The maximum Gasteiger partial charge on any atom is 0.225 e. The quantitative estimate of drug-likeness (QED) is 0.821. The minimum Gasteiger partial charge on any atom is -0.493 e. The lowest BCUT2D eigenvalue weighted by atomic mass is 10.3. The largest absolute Gasteiger partial charge is 0.493 e. The molecule has 0 fully saturated rings. The van der Waals surface area contributed by atoms with Crippen molar-refractivity contribution in [2.45, 2.75) is 6.42 Å². The highest BCUT2D eigenvalue weighted by atomic mass is 35.5. The van der Waals surface area contributed by atoms with Crippen molar-refractivity contribution < 1.29 is 9.53 Å². The normalized spacial score (nSPS) is 10.2. The minimum absolute atomic E-state index is 0.0826. The van der Waals surface area contributed by atoms with Gasteiger partial charge in [-0.2, -0.15) is 0 Å². The average Bonchev–Trinajstić information content (AvgIpc) is 2.38. The fourth-order valence-corrected chi connectivity index (χ4v) is 1.51. The van der Waals surface area contributed by atoms with E-state index < -0.39 is 0 Å². The number of halogens is 1. The summed E-state index contributed by atoms with van der Waals surface area (Å²) in [4.78, 5) is 13.4. The highest BCUT2D eigenvalue weighted by molar-refractivity contribution is 6.30. The van der Waals surface area contributed by atoms with Crippen LogP contribution < -0.4 is 10.1 Å². The summed E-state index contributed by atoms with van der Waals surface area (Å²) < 4.78 is 5.46. The van der Waals surface area contributed by atoms with Crippen LogP contribution >= 0.6 is 11.6 Å². The van der Waals surface area contributed by atoms with Crippen molar-refractivity contribution in [1.29, 1.82) is 0 Å². The summed E-state index contributed by atoms with van der Waals surface area (Å²) in [6, 6.07) is 7.10. The molecule has 0 radical (unpaired) electrons. The number of rotatable bonds is 7. The van der Waals surface area contributed by atoms with E-state index in [0.717, 1.165) is 12.3 Å². The summed E-state index contributed by atoms with van der Waals surface area (Å²) in [6.07, 6.45) is 0.378. The second-order valence-corrected chi connectivity index (χ2v) is 4.41. The van der Waals surface area contributed by atoms with E-state index in [1.807, 2.05) is 7.05 Å². The van der Waals surface area contributed by atoms with Crippen LogP contribution in [0.4, 0.5) is 0 Å². The number of ether oxygens (including phenoxy) is 1. The molecular weight excluding hydrogens is 252 g/mol. The zero-order valence-electron chi connectivity index (χ0n) is 10.8. The number of hydrogen-bond donors (Lipinski definition) is 1. The molecule has 1 aromatic rings. The molecule has 0 aliphatic rings. The van der Waals surface area contributed by atoms with Crippen molar-refractivity contribution in [1.82, 2.24) is 10.2 Å². The predicted molar refractivity (Wildman–Crippen MR) is 73.1 cm³/mol. The fraction of sp³-hybridized carbons (Fsp3) is 0.462. The van der Waals surface area contributed by atoms with Gasteiger partial charge in [-0.1, -0.05) is 11.6 Å². The molecule has 4 nitrogen and oxygen atoms in total. The summed E-state index contributed by atoms with van der Waals surface area (Å²) in [7, 11) is 3.66. The Labute approximate surface area is 113 Å². The maximum atomic E-state index is 11.7. The van der Waals surface area contributed by atoms with E-state index in [1.165, 1.54) is 0 Å². The van der Waals surface area contributed by atoms with Crippen LogP contribution in [0, 0.1) is 0 Å². The van der Waals surface area contributed by atoms with Crippen molar-refractivity contribution in [3.63, 3.8) is 0 Å². The Bertz CT molecular complexity index is 368. The predicted octanol–water partition coefficient (Wildman–Crippen LogP) is 1.79. The lowest BCUT2D eigenvalue weighted by Gasteiger charge is -2.16. The van der Waals surface area contributed by atoms with E-state index in [-0.39, 0.29) is 5.91 Å². The molecule has 0 saturated carbocycles. The Morgan fingerprint density at radius 1 is 1.39 bits per heavy atom. The number of nitrogens with one attached hydrogen (secondary N) is 1. The maximum absolute atomic E-state index is 11.7. The van der Waals surface area contributed by atoms with Gasteiger partial charge >= 0.3 is 0 Å². The van der Waals surface area contributed by atoms with E-state index >= 15 is 0 Å². The topological polar surface area (TPSA) is 41.6 Å². The molecule has 0 saturated heterocycles. The summed E-state index contributed by atoms with van der Waals surface area (Å²) in [5.41, 5.74) is 0. The molecule has 0 heterocycles. The van der Waals surface area contributed by atoms with Gasteiger partial charge in [0.15, 0.2) is 0 Å². The number of amides is 1. The molecule has 0 aromatic heterocycles. The van der Waals surface area contributed by atoms with Crippen LogP contribution in [0.3, 0.4) is 0 Å². The first-order valence-corrected chi connectivity index (χ1v) is 6.28. The highest BCUT2D eigenvalue weighted by Gasteiger charge is 2.07. The summed E-state index contributed by atoms with van der Waals surface area (Å²) >= 11 is 5.76.